The van der Waals surface area contributed by atoms with Gasteiger partial charge in [0, 0.05) is 11.6 Å². The van der Waals surface area contributed by atoms with E-state index in [4.69, 9.17) is 0 Å². The number of amides is 2. The van der Waals surface area contributed by atoms with Gasteiger partial charge in [0.05, 0.1) is 12.8 Å². The monoisotopic (exact) mass is 268 g/mol. The van der Waals surface area contributed by atoms with E-state index in [0.717, 1.165) is 6.07 Å². The molecule has 0 aliphatic heterocycles. The molecule has 19 heavy (non-hydrogen) atoms. The molecule has 6 heteroatoms. The number of anilines is 2. The summed E-state index contributed by atoms with van der Waals surface area (Å²) in [6.07, 6.45) is -0.0497. The predicted octanol–water partition coefficient (Wildman–Crippen LogP) is 2.99. The Labute approximate surface area is 111 Å². The molecule has 0 unspecified atom stereocenters. The van der Waals surface area contributed by atoms with Gasteiger partial charge in [-0.1, -0.05) is 13.8 Å². The molecule has 1 rings (SSSR count). The van der Waals surface area contributed by atoms with Crippen molar-refractivity contribution < 1.29 is 18.7 Å². The van der Waals surface area contributed by atoms with Gasteiger partial charge < -0.3 is 10.1 Å². The van der Waals surface area contributed by atoms with Gasteiger partial charge in [-0.25, -0.2) is 9.18 Å². The Morgan fingerprint density at radius 2 is 2.05 bits per heavy atom. The van der Waals surface area contributed by atoms with E-state index in [2.05, 4.69) is 15.4 Å². The summed E-state index contributed by atoms with van der Waals surface area (Å²) in [6.45, 7) is 3.69. The van der Waals surface area contributed by atoms with Gasteiger partial charge in [0.1, 0.15) is 5.82 Å². The molecule has 104 valence electrons. The fourth-order valence-corrected chi connectivity index (χ4v) is 1.31. The van der Waals surface area contributed by atoms with Crippen molar-refractivity contribution in [3.63, 3.8) is 0 Å². The van der Waals surface area contributed by atoms with E-state index in [1.54, 1.807) is 6.92 Å². The molecule has 0 saturated heterocycles. The zero-order valence-electron chi connectivity index (χ0n) is 11.1. The second kappa shape index (κ2) is 6.72. The highest BCUT2D eigenvalue weighted by Gasteiger charge is 2.12. The Hall–Kier alpha value is -2.11. The molecule has 2 N–H and O–H groups in total. The smallest absolute Gasteiger partial charge is 0.411 e. The lowest BCUT2D eigenvalue weighted by Crippen LogP contribution is -2.20. The van der Waals surface area contributed by atoms with Crippen molar-refractivity contribution in [1.29, 1.82) is 0 Å². The van der Waals surface area contributed by atoms with Crippen molar-refractivity contribution in [1.82, 2.24) is 0 Å². The highest BCUT2D eigenvalue weighted by molar-refractivity contribution is 5.93. The van der Waals surface area contributed by atoms with Gasteiger partial charge in [-0.2, -0.15) is 0 Å². The molecule has 0 bridgehead atoms. The summed E-state index contributed by atoms with van der Waals surface area (Å²) >= 11 is 0. The van der Waals surface area contributed by atoms with E-state index in [1.807, 2.05) is 6.92 Å². The maximum absolute atomic E-state index is 13.7. The molecular weight excluding hydrogens is 251 g/mol. The average molecular weight is 268 g/mol. The Kier molecular flexibility index (Phi) is 5.29. The Morgan fingerprint density at radius 1 is 1.37 bits per heavy atom. The highest BCUT2D eigenvalue weighted by atomic mass is 19.1. The number of carbonyl (C=O) groups excluding carboxylic acids is 2. The minimum atomic E-state index is -0.754. The summed E-state index contributed by atoms with van der Waals surface area (Å²) < 4.78 is 18.0. The standard InChI is InChI=1S/C13H17FN2O3/c1-4-8(2)12(17)15-9-5-6-11(10(14)7-9)16-13(18)19-3/h5-8H,4H2,1-3H3,(H,15,17)(H,16,18)/t8-/m0/s1. The molecule has 2 amide bonds. The summed E-state index contributed by atoms with van der Waals surface area (Å²) in [4.78, 5) is 22.6. The zero-order valence-corrected chi connectivity index (χ0v) is 11.1. The van der Waals surface area contributed by atoms with Crippen molar-refractivity contribution in [3.8, 4) is 0 Å². The first-order valence-electron chi connectivity index (χ1n) is 5.93. The van der Waals surface area contributed by atoms with Crippen LogP contribution in [0.2, 0.25) is 0 Å². The fraction of sp³-hybridized carbons (Fsp3) is 0.385. The van der Waals surface area contributed by atoms with Crippen LogP contribution in [0.5, 0.6) is 0 Å². The maximum atomic E-state index is 13.7. The number of ether oxygens (including phenoxy) is 1. The number of carbonyl (C=O) groups is 2. The first kappa shape index (κ1) is 14.9. The lowest BCUT2D eigenvalue weighted by Gasteiger charge is -2.11. The molecule has 1 aromatic rings. The Morgan fingerprint density at radius 3 is 2.58 bits per heavy atom. The van der Waals surface area contributed by atoms with Crippen molar-refractivity contribution in [2.45, 2.75) is 20.3 Å². The zero-order chi connectivity index (χ0) is 14.4. The van der Waals surface area contributed by atoms with Gasteiger partial charge in [-0.15, -0.1) is 0 Å². The number of benzene rings is 1. The molecule has 0 aromatic heterocycles. The van der Waals surface area contributed by atoms with Gasteiger partial charge in [0.25, 0.3) is 0 Å². The Bertz CT molecular complexity index is 477. The predicted molar refractivity (Wildman–Crippen MR) is 70.5 cm³/mol. The van der Waals surface area contributed by atoms with Crippen LogP contribution in [-0.4, -0.2) is 19.1 Å². The van der Waals surface area contributed by atoms with Crippen LogP contribution in [0.3, 0.4) is 0 Å². The minimum absolute atomic E-state index is 0.00612. The topological polar surface area (TPSA) is 67.4 Å². The molecule has 0 fully saturated rings. The minimum Gasteiger partial charge on any atom is -0.453 e. The SMILES string of the molecule is CC[C@H](C)C(=O)Nc1ccc(NC(=O)OC)c(F)c1. The second-order valence-electron chi connectivity index (χ2n) is 4.11. The molecule has 0 heterocycles. The van der Waals surface area contributed by atoms with Gasteiger partial charge in [-0.3, -0.25) is 10.1 Å². The van der Waals surface area contributed by atoms with Gasteiger partial charge >= 0.3 is 6.09 Å². The van der Waals surface area contributed by atoms with Gasteiger partial charge in [0.15, 0.2) is 0 Å². The lowest BCUT2D eigenvalue weighted by molar-refractivity contribution is -0.119. The summed E-state index contributed by atoms with van der Waals surface area (Å²) in [7, 11) is 1.19. The number of rotatable bonds is 4. The van der Waals surface area contributed by atoms with Crippen LogP contribution >= 0.6 is 0 Å². The van der Waals surface area contributed by atoms with Crippen molar-refractivity contribution in [3.05, 3.63) is 24.0 Å². The molecule has 1 aromatic carbocycles. The molecule has 0 aliphatic carbocycles. The number of hydrogen-bond acceptors (Lipinski definition) is 3. The Balaban J connectivity index is 2.76. The van der Waals surface area contributed by atoms with Gasteiger partial charge in [-0.05, 0) is 24.6 Å². The van der Waals surface area contributed by atoms with Crippen LogP contribution in [0.25, 0.3) is 0 Å². The number of methoxy groups -OCH3 is 1. The van der Waals surface area contributed by atoms with E-state index >= 15 is 0 Å². The van der Waals surface area contributed by atoms with E-state index in [9.17, 15) is 14.0 Å². The summed E-state index contributed by atoms with van der Waals surface area (Å²) in [5, 5.41) is 4.83. The normalized spacial score (nSPS) is 11.6. The molecule has 0 aliphatic rings. The van der Waals surface area contributed by atoms with Crippen molar-refractivity contribution in [2.24, 2.45) is 5.92 Å². The first-order valence-corrected chi connectivity index (χ1v) is 5.93. The van der Waals surface area contributed by atoms with E-state index in [0.29, 0.717) is 12.1 Å². The lowest BCUT2D eigenvalue weighted by atomic mass is 10.1. The van der Waals surface area contributed by atoms with E-state index < -0.39 is 11.9 Å². The van der Waals surface area contributed by atoms with E-state index in [1.165, 1.54) is 19.2 Å². The third-order valence-corrected chi connectivity index (χ3v) is 2.72. The first-order chi connectivity index (χ1) is 8.97. The number of nitrogens with one attached hydrogen (secondary N) is 2. The van der Waals surface area contributed by atoms with Gasteiger partial charge in [0.2, 0.25) is 5.91 Å². The molecule has 0 saturated carbocycles. The summed E-state index contributed by atoms with van der Waals surface area (Å²) in [5.41, 5.74) is 0.339. The maximum Gasteiger partial charge on any atom is 0.411 e. The second-order valence-corrected chi connectivity index (χ2v) is 4.11. The van der Waals surface area contributed by atoms with Crippen LogP contribution in [0, 0.1) is 11.7 Å². The third kappa shape index (κ3) is 4.24. The van der Waals surface area contributed by atoms with Crippen molar-refractivity contribution >= 4 is 23.4 Å². The molecule has 5 nitrogen and oxygen atoms in total. The van der Waals surface area contributed by atoms with Crippen LogP contribution in [-0.2, 0) is 9.53 Å². The van der Waals surface area contributed by atoms with E-state index in [-0.39, 0.29) is 17.5 Å². The summed E-state index contributed by atoms with van der Waals surface area (Å²) in [5.74, 6) is -0.959. The number of hydrogen-bond donors (Lipinski definition) is 2. The summed E-state index contributed by atoms with van der Waals surface area (Å²) in [6, 6.07) is 4.01. The average Bonchev–Trinajstić information content (AvgIpc) is 2.40. The largest absolute Gasteiger partial charge is 0.453 e. The van der Waals surface area contributed by atoms with Crippen LogP contribution < -0.4 is 10.6 Å². The fourth-order valence-electron chi connectivity index (χ4n) is 1.31. The number of halogens is 1. The molecule has 0 radical (unpaired) electrons. The van der Waals surface area contributed by atoms with Crippen LogP contribution in [0.4, 0.5) is 20.6 Å². The molecule has 0 spiro atoms. The van der Waals surface area contributed by atoms with Crippen LogP contribution in [0.15, 0.2) is 18.2 Å². The quantitative estimate of drug-likeness (QED) is 0.882. The van der Waals surface area contributed by atoms with Crippen LogP contribution in [0.1, 0.15) is 20.3 Å². The third-order valence-electron chi connectivity index (χ3n) is 2.72. The molecule has 1 atom stereocenters. The highest BCUT2D eigenvalue weighted by Crippen LogP contribution is 2.20. The molecular formula is C13H17FN2O3. The van der Waals surface area contributed by atoms with Crippen molar-refractivity contribution in [2.75, 3.05) is 17.7 Å².